The lowest BCUT2D eigenvalue weighted by atomic mass is 10.2. The van der Waals surface area contributed by atoms with Gasteiger partial charge in [0.2, 0.25) is 11.8 Å². The number of carbonyl (C=O) groups excluding carboxylic acids is 2. The molecule has 0 unspecified atom stereocenters. The number of hydrogen-bond acceptors (Lipinski definition) is 4. The highest BCUT2D eigenvalue weighted by Crippen LogP contribution is 2.20. The van der Waals surface area contributed by atoms with Gasteiger partial charge in [-0.05, 0) is 24.6 Å². The summed E-state index contributed by atoms with van der Waals surface area (Å²) in [7, 11) is 1.68. The molecule has 1 heterocycles. The quantitative estimate of drug-likeness (QED) is 0.793. The van der Waals surface area contributed by atoms with Gasteiger partial charge in [0.25, 0.3) is 0 Å². The molecule has 0 atom stereocenters. The first kappa shape index (κ1) is 19.5. The number of hydrogen-bond donors (Lipinski definition) is 1. The summed E-state index contributed by atoms with van der Waals surface area (Å²) in [6, 6.07) is 7.83. The molecule has 1 aromatic rings. The number of nitrogens with one attached hydrogen (secondary N) is 1. The summed E-state index contributed by atoms with van der Waals surface area (Å²) in [5.41, 5.74) is 1.11. The maximum Gasteiger partial charge on any atom is 0.239 e. The Bertz CT molecular complexity index is 588. The molecule has 0 saturated carbocycles. The van der Waals surface area contributed by atoms with Gasteiger partial charge in [0, 0.05) is 50.5 Å². The summed E-state index contributed by atoms with van der Waals surface area (Å²) in [5, 5.41) is 3.52. The van der Waals surface area contributed by atoms with Crippen LogP contribution in [0.25, 0.3) is 0 Å². The van der Waals surface area contributed by atoms with Crippen LogP contribution in [0.1, 0.15) is 13.3 Å². The minimum atomic E-state index is -0.108. The monoisotopic (exact) mass is 366 g/mol. The second kappa shape index (κ2) is 9.63. The molecule has 0 bridgehead atoms. The fourth-order valence-electron chi connectivity index (χ4n) is 2.77. The Morgan fingerprint density at radius 3 is 2.60 bits per heavy atom. The lowest BCUT2D eigenvalue weighted by Crippen LogP contribution is -2.50. The number of likely N-dealkylation sites (N-methyl/N-ethyl adjacent to an activating group) is 1. The number of rotatable bonds is 7. The van der Waals surface area contributed by atoms with E-state index in [0.717, 1.165) is 43.3 Å². The average molecular weight is 367 g/mol. The molecule has 0 aromatic heterocycles. The topological polar surface area (TPSA) is 55.9 Å². The van der Waals surface area contributed by atoms with E-state index in [1.54, 1.807) is 7.05 Å². The van der Waals surface area contributed by atoms with Crippen molar-refractivity contribution in [2.45, 2.75) is 13.3 Å². The molecule has 0 spiro atoms. The van der Waals surface area contributed by atoms with Crippen molar-refractivity contribution >= 4 is 29.1 Å². The van der Waals surface area contributed by atoms with Crippen LogP contribution < -0.4 is 10.2 Å². The molecule has 6 nitrogen and oxygen atoms in total. The van der Waals surface area contributed by atoms with Crippen molar-refractivity contribution in [3.8, 4) is 0 Å². The van der Waals surface area contributed by atoms with E-state index in [-0.39, 0.29) is 18.4 Å². The second-order valence-electron chi connectivity index (χ2n) is 6.34. The highest BCUT2D eigenvalue weighted by Gasteiger charge is 2.21. The molecule has 25 heavy (non-hydrogen) atoms. The molecule has 1 fully saturated rings. The van der Waals surface area contributed by atoms with Crippen LogP contribution >= 0.6 is 11.6 Å². The van der Waals surface area contributed by atoms with Crippen LogP contribution in [0, 0.1) is 0 Å². The van der Waals surface area contributed by atoms with E-state index in [1.807, 2.05) is 25.1 Å². The highest BCUT2D eigenvalue weighted by molar-refractivity contribution is 6.30. The molecular formula is C18H27ClN4O2. The Morgan fingerprint density at radius 2 is 1.96 bits per heavy atom. The molecule has 2 rings (SSSR count). The predicted octanol–water partition coefficient (Wildman–Crippen LogP) is 1.45. The summed E-state index contributed by atoms with van der Waals surface area (Å²) >= 11 is 6.05. The van der Waals surface area contributed by atoms with Crippen LogP contribution in [-0.4, -0.2) is 74.5 Å². The van der Waals surface area contributed by atoms with Gasteiger partial charge >= 0.3 is 0 Å². The van der Waals surface area contributed by atoms with Crippen molar-refractivity contribution in [1.29, 1.82) is 0 Å². The van der Waals surface area contributed by atoms with Crippen LogP contribution in [0.4, 0.5) is 5.69 Å². The first-order valence-electron chi connectivity index (χ1n) is 8.73. The zero-order chi connectivity index (χ0) is 18.2. The zero-order valence-electron chi connectivity index (χ0n) is 15.0. The van der Waals surface area contributed by atoms with Gasteiger partial charge < -0.3 is 15.1 Å². The van der Waals surface area contributed by atoms with Gasteiger partial charge in [0.05, 0.1) is 13.1 Å². The summed E-state index contributed by atoms with van der Waals surface area (Å²) in [4.78, 5) is 29.9. The maximum atomic E-state index is 12.3. The Hall–Kier alpha value is -1.79. The van der Waals surface area contributed by atoms with Crippen molar-refractivity contribution in [3.05, 3.63) is 29.3 Å². The van der Waals surface area contributed by atoms with E-state index in [0.29, 0.717) is 13.1 Å². The fourth-order valence-corrected chi connectivity index (χ4v) is 2.96. The number of halogens is 1. The summed E-state index contributed by atoms with van der Waals surface area (Å²) in [6.45, 7) is 6.44. The first-order valence-corrected chi connectivity index (χ1v) is 9.11. The smallest absolute Gasteiger partial charge is 0.239 e. The molecule has 1 saturated heterocycles. The molecule has 7 heteroatoms. The van der Waals surface area contributed by atoms with E-state index in [2.05, 4.69) is 21.2 Å². The van der Waals surface area contributed by atoms with E-state index >= 15 is 0 Å². The molecule has 0 radical (unpaired) electrons. The number of piperazine rings is 1. The van der Waals surface area contributed by atoms with E-state index < -0.39 is 0 Å². The Kier molecular flexibility index (Phi) is 7.52. The molecule has 0 aliphatic carbocycles. The van der Waals surface area contributed by atoms with Crippen LogP contribution in [0.3, 0.4) is 0 Å². The highest BCUT2D eigenvalue weighted by atomic mass is 35.5. The van der Waals surface area contributed by atoms with Crippen molar-refractivity contribution in [2.24, 2.45) is 0 Å². The van der Waals surface area contributed by atoms with Crippen molar-refractivity contribution in [1.82, 2.24) is 15.1 Å². The van der Waals surface area contributed by atoms with Gasteiger partial charge in [-0.25, -0.2) is 0 Å². The number of benzene rings is 1. The van der Waals surface area contributed by atoms with Crippen LogP contribution in [-0.2, 0) is 9.59 Å². The summed E-state index contributed by atoms with van der Waals surface area (Å²) < 4.78 is 0. The van der Waals surface area contributed by atoms with Crippen molar-refractivity contribution in [2.75, 3.05) is 57.8 Å². The Morgan fingerprint density at radius 1 is 1.24 bits per heavy atom. The molecule has 1 aliphatic heterocycles. The third-order valence-corrected chi connectivity index (χ3v) is 4.52. The van der Waals surface area contributed by atoms with Crippen LogP contribution in [0.5, 0.6) is 0 Å². The minimum absolute atomic E-state index is 0.0251. The minimum Gasteiger partial charge on any atom is -0.369 e. The lowest BCUT2D eigenvalue weighted by Gasteiger charge is -2.36. The number of amides is 2. The molecule has 138 valence electrons. The molecule has 1 aliphatic rings. The maximum absolute atomic E-state index is 12.3. The fraction of sp³-hybridized carbons (Fsp3) is 0.556. The normalized spacial score (nSPS) is 15.1. The number of anilines is 1. The Balaban J connectivity index is 1.75. The van der Waals surface area contributed by atoms with E-state index in [1.165, 1.54) is 4.90 Å². The second-order valence-corrected chi connectivity index (χ2v) is 6.78. The number of nitrogens with zero attached hydrogens (tertiary/aromatic N) is 3. The first-order chi connectivity index (χ1) is 12.0. The molecule has 1 N–H and O–H groups in total. The van der Waals surface area contributed by atoms with Crippen molar-refractivity contribution < 1.29 is 9.59 Å². The molecular weight excluding hydrogens is 340 g/mol. The zero-order valence-corrected chi connectivity index (χ0v) is 15.8. The Labute approximate surface area is 154 Å². The van der Waals surface area contributed by atoms with Gasteiger partial charge in [-0.3, -0.25) is 14.5 Å². The summed E-state index contributed by atoms with van der Waals surface area (Å²) in [5.74, 6) is -0.133. The summed E-state index contributed by atoms with van der Waals surface area (Å²) in [6.07, 6.45) is 0.889. The van der Waals surface area contributed by atoms with Crippen molar-refractivity contribution in [3.63, 3.8) is 0 Å². The van der Waals surface area contributed by atoms with Gasteiger partial charge in [-0.2, -0.15) is 0 Å². The average Bonchev–Trinajstić information content (AvgIpc) is 2.60. The van der Waals surface area contributed by atoms with Crippen LogP contribution in [0.15, 0.2) is 24.3 Å². The molecule has 1 aromatic carbocycles. The largest absolute Gasteiger partial charge is 0.369 e. The van der Waals surface area contributed by atoms with Gasteiger partial charge in [-0.15, -0.1) is 0 Å². The molecule has 2 amide bonds. The number of carbonyl (C=O) groups is 2. The third kappa shape index (κ3) is 6.21. The van der Waals surface area contributed by atoms with Crippen LogP contribution in [0.2, 0.25) is 5.02 Å². The predicted molar refractivity (Wildman–Crippen MR) is 101 cm³/mol. The van der Waals surface area contributed by atoms with E-state index in [4.69, 9.17) is 11.6 Å². The van der Waals surface area contributed by atoms with E-state index in [9.17, 15) is 9.59 Å². The third-order valence-electron chi connectivity index (χ3n) is 4.28. The standard InChI is InChI=1S/C18H27ClN4O2/c1-3-7-20-17(24)13-21(2)18(25)14-22-8-10-23(11-9-22)16-6-4-5-15(19)12-16/h4-6,12H,3,7-11,13-14H2,1-2H3,(H,20,24). The lowest BCUT2D eigenvalue weighted by molar-refractivity contribution is -0.135. The van der Waals surface area contributed by atoms with Gasteiger partial charge in [0.15, 0.2) is 0 Å². The van der Waals surface area contributed by atoms with Gasteiger partial charge in [-0.1, -0.05) is 24.6 Å². The van der Waals surface area contributed by atoms with Gasteiger partial charge in [0.1, 0.15) is 0 Å². The SMILES string of the molecule is CCCNC(=O)CN(C)C(=O)CN1CCN(c2cccc(Cl)c2)CC1.